The summed E-state index contributed by atoms with van der Waals surface area (Å²) in [4.78, 5) is 12.1. The Bertz CT molecular complexity index is 220. The number of hydrogen-bond acceptors (Lipinski definition) is 5. The van der Waals surface area contributed by atoms with Gasteiger partial charge in [0.2, 0.25) is 0 Å². The first-order valence-corrected chi connectivity index (χ1v) is 4.37. The maximum Gasteiger partial charge on any atom is 0.336 e. The summed E-state index contributed by atoms with van der Waals surface area (Å²) in [6.45, 7) is 1.46. The number of aliphatic carboxylic acids is 1. The summed E-state index contributed by atoms with van der Waals surface area (Å²) in [6, 6.07) is 0. The highest BCUT2D eigenvalue weighted by Gasteiger charge is 2.37. The summed E-state index contributed by atoms with van der Waals surface area (Å²) >= 11 is 0. The number of likely N-dealkylation sites (tertiary alicyclic amines) is 1. The second-order valence-corrected chi connectivity index (χ2v) is 3.91. The Kier molecular flexibility index (Phi) is 3.10. The van der Waals surface area contributed by atoms with E-state index in [1.807, 2.05) is 0 Å². The van der Waals surface area contributed by atoms with Crippen LogP contribution in [0.1, 0.15) is 6.92 Å². The van der Waals surface area contributed by atoms with Crippen molar-refractivity contribution in [1.29, 1.82) is 0 Å². The molecule has 4 N–H and O–H groups in total. The third-order valence-electron chi connectivity index (χ3n) is 2.33. The minimum atomic E-state index is -1.84. The Morgan fingerprint density at radius 2 is 1.86 bits per heavy atom. The Hall–Kier alpha value is -0.690. The Balaban J connectivity index is 2.50. The molecule has 0 radical (unpaired) electrons. The van der Waals surface area contributed by atoms with Crippen LogP contribution in [0.3, 0.4) is 0 Å². The molecule has 1 rings (SSSR count). The number of carbonyl (C=O) groups is 1. The number of carboxylic acids is 1. The van der Waals surface area contributed by atoms with Crippen LogP contribution in [0.5, 0.6) is 0 Å². The first-order valence-electron chi connectivity index (χ1n) is 4.37. The normalized spacial score (nSPS) is 32.9. The summed E-state index contributed by atoms with van der Waals surface area (Å²) in [5.74, 6) is -1.31. The quantitative estimate of drug-likeness (QED) is 0.419. The molecule has 1 heterocycles. The van der Waals surface area contributed by atoms with E-state index in [-0.39, 0.29) is 19.6 Å². The molecule has 6 heteroatoms. The number of carboxylic acid groups (broad SMARTS) is 1. The van der Waals surface area contributed by atoms with Crippen molar-refractivity contribution in [3.05, 3.63) is 0 Å². The third kappa shape index (κ3) is 2.42. The Morgan fingerprint density at radius 3 is 2.21 bits per heavy atom. The lowest BCUT2D eigenvalue weighted by molar-refractivity contribution is -0.158. The van der Waals surface area contributed by atoms with Crippen molar-refractivity contribution in [2.75, 3.05) is 19.6 Å². The molecule has 0 saturated carbocycles. The van der Waals surface area contributed by atoms with Gasteiger partial charge in [0.15, 0.2) is 5.60 Å². The van der Waals surface area contributed by atoms with E-state index in [0.29, 0.717) is 0 Å². The molecular formula is C8H15NO5. The fourth-order valence-electron chi connectivity index (χ4n) is 1.48. The molecule has 0 aromatic carbocycles. The maximum absolute atomic E-state index is 10.6. The van der Waals surface area contributed by atoms with E-state index >= 15 is 0 Å². The SMILES string of the molecule is CC(O)(CN1CC(O)C(O)C1)C(=O)O. The molecule has 3 unspecified atom stereocenters. The van der Waals surface area contributed by atoms with Gasteiger partial charge >= 0.3 is 5.97 Å². The van der Waals surface area contributed by atoms with Crippen molar-refractivity contribution < 1.29 is 25.2 Å². The fourth-order valence-corrected chi connectivity index (χ4v) is 1.48. The summed E-state index contributed by atoms with van der Waals surface area (Å²) in [6.07, 6.45) is -1.72. The number of nitrogens with zero attached hydrogens (tertiary/aromatic N) is 1. The van der Waals surface area contributed by atoms with Crippen LogP contribution in [0.2, 0.25) is 0 Å². The summed E-state index contributed by atoms with van der Waals surface area (Å²) < 4.78 is 0. The van der Waals surface area contributed by atoms with E-state index in [0.717, 1.165) is 0 Å². The van der Waals surface area contributed by atoms with Crippen LogP contribution in [-0.4, -0.2) is 68.7 Å². The van der Waals surface area contributed by atoms with Gasteiger partial charge in [0.1, 0.15) is 0 Å². The molecule has 0 aliphatic carbocycles. The average Bonchev–Trinajstić information content (AvgIpc) is 2.29. The molecule has 0 spiro atoms. The molecule has 14 heavy (non-hydrogen) atoms. The lowest BCUT2D eigenvalue weighted by Gasteiger charge is -2.24. The first-order chi connectivity index (χ1) is 6.33. The van der Waals surface area contributed by atoms with Crippen molar-refractivity contribution >= 4 is 5.97 Å². The van der Waals surface area contributed by atoms with Gasteiger partial charge in [0.25, 0.3) is 0 Å². The fraction of sp³-hybridized carbons (Fsp3) is 0.875. The van der Waals surface area contributed by atoms with Gasteiger partial charge in [-0.15, -0.1) is 0 Å². The molecule has 0 aromatic heterocycles. The topological polar surface area (TPSA) is 101 Å². The van der Waals surface area contributed by atoms with E-state index in [1.54, 1.807) is 0 Å². The highest BCUT2D eigenvalue weighted by atomic mass is 16.4. The minimum Gasteiger partial charge on any atom is -0.479 e. The number of β-amino-alcohol motifs (C(OH)–C–C–N with tert-alkyl or cyclic N) is 3. The van der Waals surface area contributed by atoms with Crippen LogP contribution in [-0.2, 0) is 4.79 Å². The largest absolute Gasteiger partial charge is 0.479 e. The summed E-state index contributed by atoms with van der Waals surface area (Å²) in [5, 5.41) is 36.4. The van der Waals surface area contributed by atoms with E-state index in [2.05, 4.69) is 0 Å². The minimum absolute atomic E-state index is 0.101. The summed E-state index contributed by atoms with van der Waals surface area (Å²) in [5.41, 5.74) is -1.84. The lowest BCUT2D eigenvalue weighted by Crippen LogP contribution is -2.46. The molecule has 0 aromatic rings. The third-order valence-corrected chi connectivity index (χ3v) is 2.33. The van der Waals surface area contributed by atoms with Crippen LogP contribution in [0.4, 0.5) is 0 Å². The molecule has 0 amide bonds. The van der Waals surface area contributed by atoms with Gasteiger partial charge in [-0.25, -0.2) is 4.79 Å². The maximum atomic E-state index is 10.6. The first kappa shape index (κ1) is 11.4. The number of hydrogen-bond donors (Lipinski definition) is 4. The zero-order valence-electron chi connectivity index (χ0n) is 7.92. The highest BCUT2D eigenvalue weighted by Crippen LogP contribution is 2.14. The number of rotatable bonds is 3. The molecule has 1 fully saturated rings. The molecule has 1 saturated heterocycles. The van der Waals surface area contributed by atoms with Crippen molar-refractivity contribution in [3.8, 4) is 0 Å². The van der Waals surface area contributed by atoms with Gasteiger partial charge in [-0.3, -0.25) is 4.90 Å². The smallest absolute Gasteiger partial charge is 0.336 e. The highest BCUT2D eigenvalue weighted by molar-refractivity contribution is 5.76. The van der Waals surface area contributed by atoms with E-state index in [1.165, 1.54) is 11.8 Å². The molecule has 6 nitrogen and oxygen atoms in total. The van der Waals surface area contributed by atoms with Gasteiger partial charge in [-0.05, 0) is 6.92 Å². The number of aliphatic hydroxyl groups excluding tert-OH is 2. The van der Waals surface area contributed by atoms with Gasteiger partial charge in [0, 0.05) is 19.6 Å². The zero-order valence-corrected chi connectivity index (χ0v) is 7.92. The zero-order chi connectivity index (χ0) is 10.9. The average molecular weight is 205 g/mol. The van der Waals surface area contributed by atoms with Crippen molar-refractivity contribution in [1.82, 2.24) is 4.90 Å². The Labute approximate surface area is 81.4 Å². The summed E-state index contributed by atoms with van der Waals surface area (Å²) in [7, 11) is 0. The second-order valence-electron chi connectivity index (χ2n) is 3.91. The second kappa shape index (κ2) is 3.82. The van der Waals surface area contributed by atoms with Gasteiger partial charge in [-0.1, -0.05) is 0 Å². The van der Waals surface area contributed by atoms with Gasteiger partial charge in [0.05, 0.1) is 12.2 Å². The van der Waals surface area contributed by atoms with Crippen molar-refractivity contribution in [2.24, 2.45) is 0 Å². The van der Waals surface area contributed by atoms with E-state index in [9.17, 15) is 20.1 Å². The van der Waals surface area contributed by atoms with Crippen LogP contribution in [0.15, 0.2) is 0 Å². The predicted octanol–water partition coefficient (Wildman–Crippen LogP) is -2.14. The number of aliphatic hydroxyl groups is 3. The van der Waals surface area contributed by atoms with Crippen LogP contribution < -0.4 is 0 Å². The molecule has 3 atom stereocenters. The standard InChI is InChI=1S/C8H15NO5/c1-8(14,7(12)13)4-9-2-5(10)6(11)3-9/h5-6,10-11,14H,2-4H2,1H3,(H,12,13). The molecule has 1 aliphatic heterocycles. The van der Waals surface area contributed by atoms with Crippen LogP contribution in [0, 0.1) is 0 Å². The van der Waals surface area contributed by atoms with Crippen molar-refractivity contribution in [3.63, 3.8) is 0 Å². The predicted molar refractivity (Wildman–Crippen MR) is 46.7 cm³/mol. The molecule has 1 aliphatic rings. The van der Waals surface area contributed by atoms with Gasteiger partial charge < -0.3 is 20.4 Å². The van der Waals surface area contributed by atoms with Crippen molar-refractivity contribution in [2.45, 2.75) is 24.7 Å². The van der Waals surface area contributed by atoms with Gasteiger partial charge in [-0.2, -0.15) is 0 Å². The monoisotopic (exact) mass is 205 g/mol. The molecule has 0 bridgehead atoms. The molecular weight excluding hydrogens is 190 g/mol. The van der Waals surface area contributed by atoms with Crippen LogP contribution in [0.25, 0.3) is 0 Å². The molecule has 82 valence electrons. The lowest BCUT2D eigenvalue weighted by atomic mass is 10.1. The van der Waals surface area contributed by atoms with E-state index in [4.69, 9.17) is 5.11 Å². The Morgan fingerprint density at radius 1 is 1.43 bits per heavy atom. The van der Waals surface area contributed by atoms with Crippen LogP contribution >= 0.6 is 0 Å². The van der Waals surface area contributed by atoms with E-state index < -0.39 is 23.8 Å².